The summed E-state index contributed by atoms with van der Waals surface area (Å²) in [6.45, 7) is 9.51. The number of fused-ring (bicyclic) bond motifs is 1. The molecule has 0 atom stereocenters. The van der Waals surface area contributed by atoms with Crippen LogP contribution < -0.4 is 10.1 Å². The summed E-state index contributed by atoms with van der Waals surface area (Å²) in [5, 5.41) is 8.75. The molecule has 7 heteroatoms. The fourth-order valence-corrected chi connectivity index (χ4v) is 4.26. The maximum atomic E-state index is 13.3. The summed E-state index contributed by atoms with van der Waals surface area (Å²) in [7, 11) is 1.66. The number of ether oxygens (including phenoxy) is 2. The Bertz CT molecular complexity index is 1090. The molecule has 170 valence electrons. The molecule has 32 heavy (non-hydrogen) atoms. The van der Waals surface area contributed by atoms with E-state index in [1.807, 2.05) is 35.0 Å². The first kappa shape index (κ1) is 22.3. The van der Waals surface area contributed by atoms with E-state index in [1.54, 1.807) is 7.11 Å². The molecule has 4 rings (SSSR count). The van der Waals surface area contributed by atoms with Gasteiger partial charge in [0.05, 0.1) is 26.9 Å². The zero-order chi connectivity index (χ0) is 22.5. The van der Waals surface area contributed by atoms with E-state index in [-0.39, 0.29) is 5.91 Å². The molecule has 7 nitrogen and oxygen atoms in total. The largest absolute Gasteiger partial charge is 0.494 e. The molecule has 1 aliphatic heterocycles. The van der Waals surface area contributed by atoms with E-state index in [4.69, 9.17) is 14.6 Å². The lowest BCUT2D eigenvalue weighted by Crippen LogP contribution is -2.38. The summed E-state index contributed by atoms with van der Waals surface area (Å²) in [4.78, 5) is 15.6. The van der Waals surface area contributed by atoms with Crippen LogP contribution in [-0.2, 0) is 24.2 Å². The molecule has 0 saturated carbocycles. The molecular weight excluding hydrogens is 404 g/mol. The third kappa shape index (κ3) is 4.64. The summed E-state index contributed by atoms with van der Waals surface area (Å²) in [6, 6.07) is 12.1. The molecule has 0 unspecified atom stereocenters. The molecule has 1 fully saturated rings. The van der Waals surface area contributed by atoms with Crippen LogP contribution in [0.4, 0.5) is 0 Å². The molecule has 1 amide bonds. The van der Waals surface area contributed by atoms with Gasteiger partial charge in [-0.1, -0.05) is 37.3 Å². The maximum absolute atomic E-state index is 13.3. The van der Waals surface area contributed by atoms with Gasteiger partial charge < -0.3 is 14.8 Å². The van der Waals surface area contributed by atoms with Gasteiger partial charge in [-0.05, 0) is 36.1 Å². The van der Waals surface area contributed by atoms with Crippen molar-refractivity contribution in [1.29, 1.82) is 0 Å². The van der Waals surface area contributed by atoms with Crippen LogP contribution in [0, 0.1) is 6.92 Å². The second-order valence-electron chi connectivity index (χ2n) is 8.14. The van der Waals surface area contributed by atoms with Gasteiger partial charge in [-0.25, -0.2) is 0 Å². The third-order valence-electron chi connectivity index (χ3n) is 6.19. The van der Waals surface area contributed by atoms with Gasteiger partial charge in [0.2, 0.25) is 0 Å². The highest BCUT2D eigenvalue weighted by molar-refractivity contribution is 6.07. The summed E-state index contributed by atoms with van der Waals surface area (Å²) in [6.07, 6.45) is 0.813. The average molecular weight is 437 g/mol. The van der Waals surface area contributed by atoms with Crippen LogP contribution >= 0.6 is 0 Å². The SMILES string of the molecule is CCc1ccc(OC)c2c1c(C(=O)NCc1ccccc1C)nn2CCN1CCOCC1. The number of amides is 1. The maximum Gasteiger partial charge on any atom is 0.272 e. The number of carbonyl (C=O) groups is 1. The number of nitrogens with one attached hydrogen (secondary N) is 1. The van der Waals surface area contributed by atoms with Gasteiger partial charge in [-0.15, -0.1) is 0 Å². The molecule has 0 bridgehead atoms. The van der Waals surface area contributed by atoms with Crippen molar-refractivity contribution in [1.82, 2.24) is 20.0 Å². The molecule has 0 aliphatic carbocycles. The van der Waals surface area contributed by atoms with Gasteiger partial charge in [-0.2, -0.15) is 5.10 Å². The van der Waals surface area contributed by atoms with Crippen molar-refractivity contribution >= 4 is 16.8 Å². The third-order valence-corrected chi connectivity index (χ3v) is 6.19. The van der Waals surface area contributed by atoms with Crippen LogP contribution in [0.1, 0.15) is 34.1 Å². The molecular formula is C25H32N4O3. The predicted molar refractivity (Wildman–Crippen MR) is 125 cm³/mol. The van der Waals surface area contributed by atoms with Crippen LogP contribution in [0.15, 0.2) is 36.4 Å². The Morgan fingerprint density at radius 2 is 1.91 bits per heavy atom. The minimum Gasteiger partial charge on any atom is -0.494 e. The summed E-state index contributed by atoms with van der Waals surface area (Å²) < 4.78 is 13.1. The van der Waals surface area contributed by atoms with Gasteiger partial charge in [0.25, 0.3) is 5.91 Å². The number of rotatable bonds is 8. The first-order valence-electron chi connectivity index (χ1n) is 11.3. The molecule has 2 aromatic carbocycles. The number of nitrogens with zero attached hydrogens (tertiary/aromatic N) is 3. The Hall–Kier alpha value is -2.90. The number of morpholine rings is 1. The highest BCUT2D eigenvalue weighted by Gasteiger charge is 2.23. The molecule has 1 aliphatic rings. The topological polar surface area (TPSA) is 68.6 Å². The van der Waals surface area contributed by atoms with Crippen molar-refractivity contribution in [2.24, 2.45) is 0 Å². The zero-order valence-corrected chi connectivity index (χ0v) is 19.2. The Morgan fingerprint density at radius 3 is 2.62 bits per heavy atom. The fourth-order valence-electron chi connectivity index (χ4n) is 4.26. The summed E-state index contributed by atoms with van der Waals surface area (Å²) >= 11 is 0. The summed E-state index contributed by atoms with van der Waals surface area (Å²) in [5.74, 6) is 0.580. The number of hydrogen-bond acceptors (Lipinski definition) is 5. The minimum absolute atomic E-state index is 0.161. The van der Waals surface area contributed by atoms with E-state index in [9.17, 15) is 4.79 Å². The summed E-state index contributed by atoms with van der Waals surface area (Å²) in [5.41, 5.74) is 4.71. The second-order valence-corrected chi connectivity index (χ2v) is 8.14. The molecule has 0 spiro atoms. The van der Waals surface area contributed by atoms with Crippen molar-refractivity contribution in [3.63, 3.8) is 0 Å². The predicted octanol–water partition coefficient (Wildman–Crippen LogP) is 3.18. The number of hydrogen-bond donors (Lipinski definition) is 1. The Balaban J connectivity index is 1.66. The lowest BCUT2D eigenvalue weighted by atomic mass is 10.0. The normalized spacial score (nSPS) is 14.6. The van der Waals surface area contributed by atoms with Crippen LogP contribution in [-0.4, -0.2) is 60.5 Å². The van der Waals surface area contributed by atoms with E-state index in [2.05, 4.69) is 30.1 Å². The molecule has 2 heterocycles. The second kappa shape index (κ2) is 10.1. The van der Waals surface area contributed by atoms with Gasteiger partial charge in [-0.3, -0.25) is 14.4 Å². The lowest BCUT2D eigenvalue weighted by Gasteiger charge is -2.26. The fraction of sp³-hybridized carbons (Fsp3) is 0.440. The quantitative estimate of drug-likeness (QED) is 0.587. The van der Waals surface area contributed by atoms with Crippen molar-refractivity contribution in [3.05, 3.63) is 58.8 Å². The highest BCUT2D eigenvalue weighted by atomic mass is 16.5. The number of carbonyl (C=O) groups excluding carboxylic acids is 1. The Labute approximate surface area is 189 Å². The van der Waals surface area contributed by atoms with Crippen LogP contribution in [0.2, 0.25) is 0 Å². The van der Waals surface area contributed by atoms with E-state index in [1.165, 1.54) is 0 Å². The van der Waals surface area contributed by atoms with E-state index >= 15 is 0 Å². The van der Waals surface area contributed by atoms with Crippen molar-refractivity contribution < 1.29 is 14.3 Å². The smallest absolute Gasteiger partial charge is 0.272 e. The van der Waals surface area contributed by atoms with Crippen molar-refractivity contribution in [3.8, 4) is 5.75 Å². The molecule has 1 N–H and O–H groups in total. The van der Waals surface area contributed by atoms with Gasteiger partial charge in [0, 0.05) is 31.6 Å². The van der Waals surface area contributed by atoms with Crippen LogP contribution in [0.5, 0.6) is 5.75 Å². The average Bonchev–Trinajstić information content (AvgIpc) is 3.22. The Kier molecular flexibility index (Phi) is 7.07. The molecule has 3 aromatic rings. The van der Waals surface area contributed by atoms with Crippen molar-refractivity contribution in [2.45, 2.75) is 33.4 Å². The van der Waals surface area contributed by atoms with E-state index in [0.29, 0.717) is 18.8 Å². The number of aromatic nitrogens is 2. The number of benzene rings is 2. The molecule has 1 aromatic heterocycles. The molecule has 0 radical (unpaired) electrons. The van der Waals surface area contributed by atoms with E-state index in [0.717, 1.165) is 72.6 Å². The first-order valence-corrected chi connectivity index (χ1v) is 11.3. The standard InChI is InChI=1S/C25H32N4O3/c1-4-19-9-10-21(31-3)24-22(19)23(25(30)26-17-20-8-6-5-7-18(20)2)27-29(24)12-11-28-13-15-32-16-14-28/h5-10H,4,11-17H2,1-3H3,(H,26,30). The van der Waals surface area contributed by atoms with Crippen molar-refractivity contribution in [2.75, 3.05) is 40.0 Å². The number of methoxy groups -OCH3 is 1. The number of aryl methyl sites for hydroxylation is 2. The Morgan fingerprint density at radius 1 is 1.12 bits per heavy atom. The lowest BCUT2D eigenvalue weighted by molar-refractivity contribution is 0.0361. The highest BCUT2D eigenvalue weighted by Crippen LogP contribution is 2.32. The van der Waals surface area contributed by atoms with Crippen LogP contribution in [0.3, 0.4) is 0 Å². The van der Waals surface area contributed by atoms with Gasteiger partial charge in [0.1, 0.15) is 11.3 Å². The zero-order valence-electron chi connectivity index (χ0n) is 19.2. The first-order chi connectivity index (χ1) is 15.6. The monoisotopic (exact) mass is 436 g/mol. The minimum atomic E-state index is -0.161. The van der Waals surface area contributed by atoms with Crippen LogP contribution in [0.25, 0.3) is 10.9 Å². The molecule has 1 saturated heterocycles. The van der Waals surface area contributed by atoms with Gasteiger partial charge >= 0.3 is 0 Å². The van der Waals surface area contributed by atoms with Gasteiger partial charge in [0.15, 0.2) is 5.69 Å². The van der Waals surface area contributed by atoms with E-state index < -0.39 is 0 Å².